The molecule has 0 aliphatic rings. The second kappa shape index (κ2) is 7.34. The van der Waals surface area contributed by atoms with Gasteiger partial charge in [-0.3, -0.25) is 4.79 Å². The van der Waals surface area contributed by atoms with Crippen LogP contribution in [0.25, 0.3) is 6.08 Å². The lowest BCUT2D eigenvalue weighted by Gasteiger charge is -2.07. The molecule has 1 amide bonds. The Bertz CT molecular complexity index is 909. The maximum absolute atomic E-state index is 13.1. The summed E-state index contributed by atoms with van der Waals surface area (Å²) < 4.78 is 38.1. The fourth-order valence-electron chi connectivity index (χ4n) is 1.95. The molecule has 0 aromatic heterocycles. The minimum absolute atomic E-state index is 0.0320. The Morgan fingerprint density at radius 1 is 1.12 bits per heavy atom. The summed E-state index contributed by atoms with van der Waals surface area (Å²) in [5, 5.41) is 0.426. The second-order valence-corrected chi connectivity index (χ2v) is 7.73. The zero-order valence-electron chi connectivity index (χ0n) is 12.2. The molecule has 0 spiro atoms. The first kappa shape index (κ1) is 18.4. The molecule has 0 saturated carbocycles. The van der Waals surface area contributed by atoms with E-state index in [4.69, 9.17) is 28.9 Å². The van der Waals surface area contributed by atoms with Crippen LogP contribution in [0.5, 0.6) is 0 Å². The number of carbonyl (C=O) groups excluding carboxylic acids is 1. The van der Waals surface area contributed by atoms with Gasteiger partial charge in [0.1, 0.15) is 10.7 Å². The number of carbonyl (C=O) groups is 1. The zero-order chi connectivity index (χ0) is 17.9. The maximum Gasteiger partial charge on any atom is 0.260 e. The first-order valence-corrected chi connectivity index (χ1v) is 9.03. The van der Waals surface area contributed by atoms with Crippen LogP contribution in [-0.2, 0) is 20.4 Å². The Morgan fingerprint density at radius 2 is 1.75 bits per heavy atom. The summed E-state index contributed by atoms with van der Waals surface area (Å²) in [6, 6.07) is 9.51. The van der Waals surface area contributed by atoms with Crippen molar-refractivity contribution in [2.75, 3.05) is 0 Å². The van der Waals surface area contributed by atoms with E-state index >= 15 is 0 Å². The molecule has 0 unspecified atom stereocenters. The fourth-order valence-corrected chi connectivity index (χ4v) is 3.70. The van der Waals surface area contributed by atoms with Gasteiger partial charge in [-0.25, -0.2) is 12.8 Å². The Labute approximate surface area is 148 Å². The van der Waals surface area contributed by atoms with Gasteiger partial charge in [-0.15, -0.1) is 0 Å². The lowest BCUT2D eigenvalue weighted by molar-refractivity contribution is -0.113. The molecule has 0 heterocycles. The van der Waals surface area contributed by atoms with E-state index in [1.54, 1.807) is 0 Å². The highest BCUT2D eigenvalue weighted by Crippen LogP contribution is 2.24. The standard InChI is InChI=1S/C16H12Cl2FNO3S/c17-12-4-1-10(2-5-12)9-24(22,23)15(16(20)21)7-11-3-6-13(19)8-14(11)18/h1-8H,9H2,(H2,20,21). The lowest BCUT2D eigenvalue weighted by atomic mass is 10.2. The van der Waals surface area contributed by atoms with Gasteiger partial charge >= 0.3 is 0 Å². The van der Waals surface area contributed by atoms with Crippen LogP contribution in [0.2, 0.25) is 10.0 Å². The highest BCUT2D eigenvalue weighted by molar-refractivity contribution is 7.95. The Morgan fingerprint density at radius 3 is 2.29 bits per heavy atom. The number of rotatable bonds is 5. The summed E-state index contributed by atoms with van der Waals surface area (Å²) in [4.78, 5) is 11.0. The molecule has 0 atom stereocenters. The lowest BCUT2D eigenvalue weighted by Crippen LogP contribution is -2.22. The highest BCUT2D eigenvalue weighted by Gasteiger charge is 2.24. The van der Waals surface area contributed by atoms with Gasteiger partial charge in [-0.2, -0.15) is 0 Å². The van der Waals surface area contributed by atoms with Crippen LogP contribution in [0.4, 0.5) is 4.39 Å². The summed E-state index contributed by atoms with van der Waals surface area (Å²) in [6.45, 7) is 0. The van der Waals surface area contributed by atoms with Crippen molar-refractivity contribution in [3.05, 3.63) is 74.4 Å². The van der Waals surface area contributed by atoms with Crippen LogP contribution in [0.1, 0.15) is 11.1 Å². The van der Waals surface area contributed by atoms with E-state index in [0.29, 0.717) is 10.6 Å². The van der Waals surface area contributed by atoms with Crippen LogP contribution < -0.4 is 5.73 Å². The average molecular weight is 388 g/mol. The largest absolute Gasteiger partial charge is 0.365 e. The molecular weight excluding hydrogens is 376 g/mol. The number of halogens is 3. The SMILES string of the molecule is NC(=O)C(=Cc1ccc(F)cc1Cl)S(=O)(=O)Cc1ccc(Cl)cc1. The van der Waals surface area contributed by atoms with Crippen LogP contribution in [-0.4, -0.2) is 14.3 Å². The van der Waals surface area contributed by atoms with Gasteiger partial charge in [-0.1, -0.05) is 41.4 Å². The van der Waals surface area contributed by atoms with Gasteiger partial charge in [0.05, 0.1) is 10.8 Å². The molecule has 126 valence electrons. The van der Waals surface area contributed by atoms with E-state index in [0.717, 1.165) is 18.2 Å². The highest BCUT2D eigenvalue weighted by atomic mass is 35.5. The molecule has 8 heteroatoms. The van der Waals surface area contributed by atoms with Gasteiger partial charge in [-0.05, 0) is 41.5 Å². The topological polar surface area (TPSA) is 77.2 Å². The predicted octanol–water partition coefficient (Wildman–Crippen LogP) is 3.57. The number of sulfone groups is 1. The van der Waals surface area contributed by atoms with Crippen molar-refractivity contribution >= 4 is 45.0 Å². The smallest absolute Gasteiger partial charge is 0.260 e. The van der Waals surface area contributed by atoms with E-state index in [1.165, 1.54) is 30.3 Å². The molecule has 0 saturated heterocycles. The van der Waals surface area contributed by atoms with Crippen LogP contribution >= 0.6 is 23.2 Å². The van der Waals surface area contributed by atoms with Crippen molar-refractivity contribution < 1.29 is 17.6 Å². The molecule has 24 heavy (non-hydrogen) atoms. The quantitative estimate of drug-likeness (QED) is 0.796. The number of nitrogens with two attached hydrogens (primary N) is 1. The second-order valence-electron chi connectivity index (χ2n) is 4.92. The molecule has 4 nitrogen and oxygen atoms in total. The van der Waals surface area contributed by atoms with E-state index in [1.807, 2.05) is 0 Å². The van der Waals surface area contributed by atoms with Crippen LogP contribution in [0.15, 0.2) is 47.4 Å². The van der Waals surface area contributed by atoms with Gasteiger partial charge in [0.25, 0.3) is 5.91 Å². The normalized spacial score (nSPS) is 12.2. The van der Waals surface area contributed by atoms with Crippen LogP contribution in [0.3, 0.4) is 0 Å². The van der Waals surface area contributed by atoms with Gasteiger partial charge in [0.2, 0.25) is 0 Å². The predicted molar refractivity (Wildman–Crippen MR) is 92.7 cm³/mol. The van der Waals surface area contributed by atoms with E-state index < -0.39 is 32.2 Å². The molecular formula is C16H12Cl2FNO3S. The average Bonchev–Trinajstić information content (AvgIpc) is 2.48. The van der Waals surface area contributed by atoms with E-state index in [-0.39, 0.29) is 10.6 Å². The number of hydrogen-bond donors (Lipinski definition) is 1. The summed E-state index contributed by atoms with van der Waals surface area (Å²) in [5.41, 5.74) is 5.82. The Kier molecular flexibility index (Phi) is 5.64. The Balaban J connectivity index is 2.43. The van der Waals surface area contributed by atoms with Crippen LogP contribution in [0, 0.1) is 5.82 Å². The van der Waals surface area contributed by atoms with Crippen molar-refractivity contribution in [2.24, 2.45) is 5.73 Å². The maximum atomic E-state index is 13.1. The molecule has 2 aromatic rings. The number of amides is 1. The first-order valence-electron chi connectivity index (χ1n) is 6.63. The number of hydrogen-bond acceptors (Lipinski definition) is 3. The summed E-state index contributed by atoms with van der Waals surface area (Å²) in [6.07, 6.45) is 1.04. The molecule has 2 N–H and O–H groups in total. The van der Waals surface area contributed by atoms with Crippen molar-refractivity contribution in [1.82, 2.24) is 0 Å². The minimum atomic E-state index is -4.02. The van der Waals surface area contributed by atoms with E-state index in [2.05, 4.69) is 0 Å². The number of benzene rings is 2. The summed E-state index contributed by atoms with van der Waals surface area (Å²) >= 11 is 11.6. The molecule has 2 aromatic carbocycles. The zero-order valence-corrected chi connectivity index (χ0v) is 14.5. The number of primary amides is 1. The molecule has 0 aliphatic heterocycles. The molecule has 0 bridgehead atoms. The first-order chi connectivity index (χ1) is 11.2. The van der Waals surface area contributed by atoms with Crippen molar-refractivity contribution in [1.29, 1.82) is 0 Å². The van der Waals surface area contributed by atoms with Gasteiger partial charge in [0, 0.05) is 5.02 Å². The van der Waals surface area contributed by atoms with Crippen molar-refractivity contribution in [3.8, 4) is 0 Å². The van der Waals surface area contributed by atoms with Crippen molar-refractivity contribution in [2.45, 2.75) is 5.75 Å². The summed E-state index contributed by atoms with van der Waals surface area (Å²) in [7, 11) is -4.02. The summed E-state index contributed by atoms with van der Waals surface area (Å²) in [5.74, 6) is -2.14. The fraction of sp³-hybridized carbons (Fsp3) is 0.0625. The van der Waals surface area contributed by atoms with E-state index in [9.17, 15) is 17.6 Å². The molecule has 2 rings (SSSR count). The Hall–Kier alpha value is -1.89. The molecule has 0 fully saturated rings. The van der Waals surface area contributed by atoms with Crippen molar-refractivity contribution in [3.63, 3.8) is 0 Å². The van der Waals surface area contributed by atoms with Gasteiger partial charge in [0.15, 0.2) is 9.84 Å². The molecule has 0 radical (unpaired) electrons. The van der Waals surface area contributed by atoms with Gasteiger partial charge < -0.3 is 5.73 Å². The third kappa shape index (κ3) is 4.56. The monoisotopic (exact) mass is 387 g/mol. The third-order valence-electron chi connectivity index (χ3n) is 3.10. The minimum Gasteiger partial charge on any atom is -0.365 e. The molecule has 0 aliphatic carbocycles. The third-order valence-corrected chi connectivity index (χ3v) is 5.38.